The van der Waals surface area contributed by atoms with Crippen LogP contribution in [-0.4, -0.2) is 23.3 Å². The van der Waals surface area contributed by atoms with Crippen LogP contribution in [0, 0.1) is 0 Å². The Hall–Kier alpha value is -1.93. The molecule has 2 aromatic rings. The van der Waals surface area contributed by atoms with Crippen LogP contribution in [0.25, 0.3) is 0 Å². The molecule has 2 nitrogen and oxygen atoms in total. The Morgan fingerprint density at radius 2 is 1.52 bits per heavy atom. The van der Waals surface area contributed by atoms with Crippen LogP contribution in [0.1, 0.15) is 24.0 Å². The number of benzene rings is 2. The summed E-state index contributed by atoms with van der Waals surface area (Å²) >= 11 is 0. The molecule has 0 amide bonds. The molecule has 1 fully saturated rings. The molecule has 1 aliphatic carbocycles. The van der Waals surface area contributed by atoms with Crippen LogP contribution in [0.5, 0.6) is 0 Å². The summed E-state index contributed by atoms with van der Waals surface area (Å²) in [4.78, 5) is 14.6. The zero-order valence-electron chi connectivity index (χ0n) is 12.5. The molecule has 0 N–H and O–H groups in total. The number of likely N-dealkylation sites (N-methyl/N-ethyl adjacent to an activating group) is 1. The van der Waals surface area contributed by atoms with E-state index in [4.69, 9.17) is 0 Å². The molecule has 0 radical (unpaired) electrons. The minimum absolute atomic E-state index is 0.308. The highest BCUT2D eigenvalue weighted by atomic mass is 16.1. The molecule has 0 aliphatic heterocycles. The van der Waals surface area contributed by atoms with E-state index >= 15 is 0 Å². The highest BCUT2D eigenvalue weighted by molar-refractivity contribution is 5.94. The van der Waals surface area contributed by atoms with Crippen LogP contribution >= 0.6 is 0 Å². The van der Waals surface area contributed by atoms with Gasteiger partial charge in [0.15, 0.2) is 5.78 Å². The van der Waals surface area contributed by atoms with Gasteiger partial charge < -0.3 is 0 Å². The van der Waals surface area contributed by atoms with Crippen molar-refractivity contribution >= 4 is 5.78 Å². The van der Waals surface area contributed by atoms with Crippen LogP contribution in [0.4, 0.5) is 0 Å². The van der Waals surface area contributed by atoms with E-state index in [9.17, 15) is 4.79 Å². The van der Waals surface area contributed by atoms with Gasteiger partial charge in [-0.2, -0.15) is 0 Å². The number of ketones is 1. The maximum atomic E-state index is 12.3. The molecule has 1 saturated carbocycles. The van der Waals surface area contributed by atoms with Gasteiger partial charge in [-0.05, 0) is 31.0 Å². The monoisotopic (exact) mass is 279 g/mol. The van der Waals surface area contributed by atoms with Crippen LogP contribution in [0.15, 0.2) is 60.7 Å². The molecule has 1 atom stereocenters. The summed E-state index contributed by atoms with van der Waals surface area (Å²) in [5, 5.41) is 0. The van der Waals surface area contributed by atoms with E-state index in [1.165, 1.54) is 11.1 Å². The molecule has 1 unspecified atom stereocenters. The fourth-order valence-electron chi connectivity index (χ4n) is 3.18. The normalized spacial score (nSPS) is 21.3. The number of hydrogen-bond donors (Lipinski definition) is 0. The first-order valence-corrected chi connectivity index (χ1v) is 7.53. The lowest BCUT2D eigenvalue weighted by molar-refractivity contribution is -0.141. The second-order valence-electron chi connectivity index (χ2n) is 5.96. The lowest BCUT2D eigenvalue weighted by atomic mass is 9.70. The third kappa shape index (κ3) is 2.77. The summed E-state index contributed by atoms with van der Waals surface area (Å²) in [6.45, 7) is 0.819. The van der Waals surface area contributed by atoms with Gasteiger partial charge in [0.05, 0.1) is 5.54 Å². The Labute approximate surface area is 126 Å². The highest BCUT2D eigenvalue weighted by Gasteiger charge is 2.48. The van der Waals surface area contributed by atoms with Crippen molar-refractivity contribution in [1.29, 1.82) is 0 Å². The first kappa shape index (κ1) is 14.0. The predicted molar refractivity (Wildman–Crippen MR) is 85.0 cm³/mol. The molecule has 3 rings (SSSR count). The van der Waals surface area contributed by atoms with Crippen molar-refractivity contribution in [1.82, 2.24) is 4.90 Å². The van der Waals surface area contributed by atoms with E-state index in [2.05, 4.69) is 48.3 Å². The molecule has 2 heteroatoms. The molecule has 108 valence electrons. The average Bonchev–Trinajstić information content (AvgIpc) is 2.53. The number of rotatable bonds is 5. The van der Waals surface area contributed by atoms with Crippen LogP contribution < -0.4 is 0 Å². The third-order valence-electron chi connectivity index (χ3n) is 4.62. The van der Waals surface area contributed by atoms with Crippen molar-refractivity contribution in [3.8, 4) is 0 Å². The van der Waals surface area contributed by atoms with Crippen molar-refractivity contribution in [2.75, 3.05) is 7.05 Å². The van der Waals surface area contributed by atoms with Crippen molar-refractivity contribution in [3.05, 3.63) is 71.8 Å². The Balaban J connectivity index is 1.79. The molecule has 0 aromatic heterocycles. The molecular formula is C19H21NO. The fraction of sp³-hybridized carbons (Fsp3) is 0.316. The van der Waals surface area contributed by atoms with Crippen LogP contribution in [0.3, 0.4) is 0 Å². The summed E-state index contributed by atoms with van der Waals surface area (Å²) < 4.78 is 0. The van der Waals surface area contributed by atoms with Crippen molar-refractivity contribution in [2.24, 2.45) is 0 Å². The number of carbonyl (C=O) groups excluding carboxylic acids is 1. The van der Waals surface area contributed by atoms with Gasteiger partial charge in [-0.3, -0.25) is 9.69 Å². The van der Waals surface area contributed by atoms with E-state index < -0.39 is 0 Å². The van der Waals surface area contributed by atoms with E-state index in [-0.39, 0.29) is 5.54 Å². The molecule has 2 aromatic carbocycles. The molecule has 0 spiro atoms. The fourth-order valence-corrected chi connectivity index (χ4v) is 3.18. The van der Waals surface area contributed by atoms with Crippen molar-refractivity contribution < 1.29 is 4.79 Å². The van der Waals surface area contributed by atoms with Crippen molar-refractivity contribution in [3.63, 3.8) is 0 Å². The van der Waals surface area contributed by atoms with Crippen LogP contribution in [0.2, 0.25) is 0 Å². The summed E-state index contributed by atoms with van der Waals surface area (Å²) in [5.41, 5.74) is 2.19. The Morgan fingerprint density at radius 3 is 2.00 bits per heavy atom. The Kier molecular flexibility index (Phi) is 3.89. The largest absolute Gasteiger partial charge is 0.298 e. The first-order valence-electron chi connectivity index (χ1n) is 7.53. The topological polar surface area (TPSA) is 20.3 Å². The van der Waals surface area contributed by atoms with Gasteiger partial charge in [-0.1, -0.05) is 60.7 Å². The molecule has 1 aliphatic rings. The van der Waals surface area contributed by atoms with E-state index in [1.807, 2.05) is 24.3 Å². The summed E-state index contributed by atoms with van der Waals surface area (Å²) in [5.74, 6) is 0.379. The van der Waals surface area contributed by atoms with Gasteiger partial charge in [0, 0.05) is 13.0 Å². The summed E-state index contributed by atoms with van der Waals surface area (Å²) in [7, 11) is 2.08. The van der Waals surface area contributed by atoms with Gasteiger partial charge in [0.1, 0.15) is 0 Å². The lowest BCUT2D eigenvalue weighted by Gasteiger charge is -2.47. The van der Waals surface area contributed by atoms with E-state index in [0.717, 1.165) is 19.4 Å². The molecule has 0 bridgehead atoms. The quantitative estimate of drug-likeness (QED) is 0.835. The van der Waals surface area contributed by atoms with Gasteiger partial charge in [0.2, 0.25) is 0 Å². The minimum atomic E-state index is -0.308. The minimum Gasteiger partial charge on any atom is -0.298 e. The Bertz CT molecular complexity index is 608. The van der Waals surface area contributed by atoms with Gasteiger partial charge in [-0.25, -0.2) is 0 Å². The average molecular weight is 279 g/mol. The van der Waals surface area contributed by atoms with E-state index in [1.54, 1.807) is 0 Å². The zero-order valence-corrected chi connectivity index (χ0v) is 12.5. The standard InChI is InChI=1S/C19H21NO/c1-20(15-17-10-6-3-7-11-17)19(13-12-18(19)21)14-16-8-4-2-5-9-16/h2-11H,12-15H2,1H3. The molecule has 0 saturated heterocycles. The summed E-state index contributed by atoms with van der Waals surface area (Å²) in [6.07, 6.45) is 2.49. The zero-order chi connectivity index (χ0) is 14.7. The van der Waals surface area contributed by atoms with Gasteiger partial charge >= 0.3 is 0 Å². The Morgan fingerprint density at radius 1 is 0.952 bits per heavy atom. The molecular weight excluding hydrogens is 258 g/mol. The second kappa shape index (κ2) is 5.82. The number of hydrogen-bond acceptors (Lipinski definition) is 2. The third-order valence-corrected chi connectivity index (χ3v) is 4.62. The smallest absolute Gasteiger partial charge is 0.153 e. The summed E-state index contributed by atoms with van der Waals surface area (Å²) in [6, 6.07) is 20.7. The van der Waals surface area contributed by atoms with Gasteiger partial charge in [-0.15, -0.1) is 0 Å². The highest BCUT2D eigenvalue weighted by Crippen LogP contribution is 2.37. The first-order chi connectivity index (χ1) is 10.2. The molecule has 0 heterocycles. The second-order valence-corrected chi connectivity index (χ2v) is 5.96. The number of Topliss-reactive ketones (excluding diaryl/α,β-unsaturated/α-hetero) is 1. The van der Waals surface area contributed by atoms with Crippen LogP contribution in [-0.2, 0) is 17.8 Å². The van der Waals surface area contributed by atoms with Crippen molar-refractivity contribution in [2.45, 2.75) is 31.3 Å². The SMILES string of the molecule is CN(Cc1ccccc1)C1(Cc2ccccc2)CCC1=O. The molecule has 21 heavy (non-hydrogen) atoms. The van der Waals surface area contributed by atoms with Gasteiger partial charge in [0.25, 0.3) is 0 Å². The number of nitrogens with zero attached hydrogens (tertiary/aromatic N) is 1. The lowest BCUT2D eigenvalue weighted by Crippen LogP contribution is -2.60. The predicted octanol–water partition coefficient (Wildman–Crippen LogP) is 3.46. The van der Waals surface area contributed by atoms with E-state index in [0.29, 0.717) is 12.2 Å². The maximum absolute atomic E-state index is 12.3. The number of carbonyl (C=O) groups is 1. The maximum Gasteiger partial charge on any atom is 0.153 e.